The second-order valence-electron chi connectivity index (χ2n) is 10.8. The van der Waals surface area contributed by atoms with Gasteiger partial charge in [-0.3, -0.25) is 4.79 Å². The second-order valence-corrected chi connectivity index (χ2v) is 10.8. The number of fused-ring (bicyclic) bond motifs is 2. The molecule has 2 N–H and O–H groups in total. The Morgan fingerprint density at radius 3 is 2.17 bits per heavy atom. The molecule has 236 valence electrons. The molecule has 1 aliphatic rings. The Kier molecular flexibility index (Phi) is 9.22. The lowest BCUT2D eigenvalue weighted by atomic mass is 9.99. The van der Waals surface area contributed by atoms with Crippen LogP contribution in [0.2, 0.25) is 0 Å². The smallest absolute Gasteiger partial charge is 0.478 e. The predicted octanol–water partition coefficient (Wildman–Crippen LogP) is 7.59. The van der Waals surface area contributed by atoms with Crippen molar-refractivity contribution in [1.29, 1.82) is 0 Å². The largest absolute Gasteiger partial charge is 0.490 e. The highest BCUT2D eigenvalue weighted by molar-refractivity contribution is 6.10. The number of hydrogen-bond acceptors (Lipinski definition) is 4. The number of anilines is 1. The van der Waals surface area contributed by atoms with Gasteiger partial charge in [-0.25, -0.2) is 14.6 Å². The molecule has 1 amide bonds. The number of carbonyl (C=O) groups excluding carboxylic acids is 1. The molecule has 46 heavy (non-hydrogen) atoms. The van der Waals surface area contributed by atoms with Crippen molar-refractivity contribution in [3.8, 4) is 11.1 Å². The highest BCUT2D eigenvalue weighted by atomic mass is 19.4. The molecule has 11 heteroatoms. The summed E-state index contributed by atoms with van der Waals surface area (Å²) in [5.74, 6) is -2.64. The molecule has 1 aliphatic heterocycles. The summed E-state index contributed by atoms with van der Waals surface area (Å²) in [4.78, 5) is 40.5. The van der Waals surface area contributed by atoms with Crippen LogP contribution in [0.5, 0.6) is 0 Å². The van der Waals surface area contributed by atoms with Gasteiger partial charge in [-0.2, -0.15) is 13.2 Å². The summed E-state index contributed by atoms with van der Waals surface area (Å²) in [6, 6.07) is 29.0. The number of hydrogen-bond donors (Lipinski definition) is 2. The van der Waals surface area contributed by atoms with Crippen molar-refractivity contribution in [2.75, 3.05) is 4.90 Å². The maximum absolute atomic E-state index is 13.1. The molecule has 5 aromatic rings. The van der Waals surface area contributed by atoms with E-state index >= 15 is 0 Å². The average molecular weight is 630 g/mol. The van der Waals surface area contributed by atoms with E-state index in [9.17, 15) is 27.9 Å². The van der Waals surface area contributed by atoms with E-state index in [-0.39, 0.29) is 5.91 Å². The van der Waals surface area contributed by atoms with E-state index < -0.39 is 18.1 Å². The molecular weight excluding hydrogens is 599 g/mol. The zero-order chi connectivity index (χ0) is 33.0. The van der Waals surface area contributed by atoms with Gasteiger partial charge < -0.3 is 19.7 Å². The molecule has 0 radical (unpaired) electrons. The Hall–Kier alpha value is -5.45. The van der Waals surface area contributed by atoms with E-state index in [0.717, 1.165) is 64.1 Å². The molecule has 4 aromatic carbocycles. The molecule has 0 spiro atoms. The Labute approximate surface area is 262 Å². The van der Waals surface area contributed by atoms with Crippen LogP contribution in [-0.2, 0) is 24.3 Å². The van der Waals surface area contributed by atoms with Crippen LogP contribution in [0.4, 0.5) is 18.9 Å². The SMILES string of the molecule is CCCCc1nc2ccc(N3Cc4ccccc4C3=O)cc2n1Cc1ccc(-c2ccccc2C(=O)O)cc1.O=C(O)C(F)(F)F. The van der Waals surface area contributed by atoms with Crippen molar-refractivity contribution in [1.82, 2.24) is 9.55 Å². The number of alkyl halides is 3. The highest BCUT2D eigenvalue weighted by Gasteiger charge is 2.38. The maximum Gasteiger partial charge on any atom is 0.490 e. The monoisotopic (exact) mass is 629 g/mol. The Morgan fingerprint density at radius 2 is 1.54 bits per heavy atom. The number of carboxylic acid groups (broad SMARTS) is 2. The molecule has 0 atom stereocenters. The summed E-state index contributed by atoms with van der Waals surface area (Å²) in [5, 5.41) is 16.7. The summed E-state index contributed by atoms with van der Waals surface area (Å²) in [5.41, 5.74) is 7.55. The van der Waals surface area contributed by atoms with E-state index in [4.69, 9.17) is 14.9 Å². The first-order valence-electron chi connectivity index (χ1n) is 14.6. The molecule has 2 heterocycles. The molecule has 0 fully saturated rings. The minimum Gasteiger partial charge on any atom is -0.478 e. The van der Waals surface area contributed by atoms with Gasteiger partial charge in [0.2, 0.25) is 0 Å². The number of carboxylic acids is 2. The van der Waals surface area contributed by atoms with E-state index in [1.165, 1.54) is 0 Å². The van der Waals surface area contributed by atoms with Gasteiger partial charge in [0, 0.05) is 24.2 Å². The van der Waals surface area contributed by atoms with Crippen LogP contribution in [0, 0.1) is 0 Å². The number of halogens is 3. The van der Waals surface area contributed by atoms with Crippen LogP contribution in [0.3, 0.4) is 0 Å². The van der Waals surface area contributed by atoms with Gasteiger partial charge in [-0.05, 0) is 59.0 Å². The van der Waals surface area contributed by atoms with Crippen molar-refractivity contribution in [3.05, 3.63) is 119 Å². The second kappa shape index (κ2) is 13.3. The van der Waals surface area contributed by atoms with Crippen molar-refractivity contribution >= 4 is 34.6 Å². The number of unbranched alkanes of at least 4 members (excludes halogenated alkanes) is 1. The van der Waals surface area contributed by atoms with Crippen LogP contribution < -0.4 is 4.90 Å². The number of aliphatic carboxylic acids is 1. The van der Waals surface area contributed by atoms with E-state index in [1.807, 2.05) is 77.7 Å². The quantitative estimate of drug-likeness (QED) is 0.183. The number of aromatic carboxylic acids is 1. The van der Waals surface area contributed by atoms with Crippen LogP contribution in [0.1, 0.15) is 57.4 Å². The Morgan fingerprint density at radius 1 is 0.891 bits per heavy atom. The topological polar surface area (TPSA) is 113 Å². The minimum atomic E-state index is -5.08. The normalized spacial score (nSPS) is 12.5. The molecule has 0 bridgehead atoms. The standard InChI is InChI=1S/C33H29N3O3.C2HF3O2/c1-2-3-12-31-34-29-18-17-25(35-21-24-8-4-5-10-27(24)32(35)37)19-30(29)36(31)20-22-13-15-23(16-14-22)26-9-6-7-11-28(26)33(38)39;3-2(4,5)1(6)7/h4-11,13-19H,2-3,12,20-21H2,1H3,(H,38,39);(H,6,7). The summed E-state index contributed by atoms with van der Waals surface area (Å²) >= 11 is 0. The number of amides is 1. The zero-order valence-electron chi connectivity index (χ0n) is 24.8. The van der Waals surface area contributed by atoms with E-state index in [2.05, 4.69) is 17.6 Å². The van der Waals surface area contributed by atoms with Gasteiger partial charge in [-0.15, -0.1) is 0 Å². The van der Waals surface area contributed by atoms with Crippen molar-refractivity contribution < 1.29 is 37.8 Å². The van der Waals surface area contributed by atoms with Crippen LogP contribution >= 0.6 is 0 Å². The molecule has 0 unspecified atom stereocenters. The third-order valence-electron chi connectivity index (χ3n) is 7.70. The third kappa shape index (κ3) is 6.78. The summed E-state index contributed by atoms with van der Waals surface area (Å²) in [7, 11) is 0. The highest BCUT2D eigenvalue weighted by Crippen LogP contribution is 2.32. The van der Waals surface area contributed by atoms with Crippen LogP contribution in [0.25, 0.3) is 22.2 Å². The van der Waals surface area contributed by atoms with Gasteiger partial charge >= 0.3 is 18.1 Å². The fourth-order valence-electron chi connectivity index (χ4n) is 5.39. The van der Waals surface area contributed by atoms with E-state index in [0.29, 0.717) is 24.2 Å². The van der Waals surface area contributed by atoms with Crippen molar-refractivity contribution in [2.24, 2.45) is 0 Å². The molecule has 0 saturated heterocycles. The predicted molar refractivity (Wildman–Crippen MR) is 167 cm³/mol. The lowest BCUT2D eigenvalue weighted by Crippen LogP contribution is -2.22. The van der Waals surface area contributed by atoms with Crippen molar-refractivity contribution in [3.63, 3.8) is 0 Å². The van der Waals surface area contributed by atoms with Crippen LogP contribution in [-0.4, -0.2) is 43.8 Å². The number of benzene rings is 4. The Bertz CT molecular complexity index is 1920. The summed E-state index contributed by atoms with van der Waals surface area (Å²) in [6.45, 7) is 3.38. The first kappa shape index (κ1) is 32.0. The minimum absolute atomic E-state index is 0.0273. The average Bonchev–Trinajstić information content (AvgIpc) is 3.56. The number of nitrogens with zero attached hydrogens (tertiary/aromatic N) is 3. The van der Waals surface area contributed by atoms with Gasteiger partial charge in [-0.1, -0.05) is 74.0 Å². The summed E-state index contributed by atoms with van der Waals surface area (Å²) in [6.07, 6.45) is -2.09. The fourth-order valence-corrected chi connectivity index (χ4v) is 5.39. The lowest BCUT2D eigenvalue weighted by molar-refractivity contribution is -0.192. The third-order valence-corrected chi connectivity index (χ3v) is 7.70. The Balaban J connectivity index is 0.000000537. The van der Waals surface area contributed by atoms with Crippen LogP contribution in [0.15, 0.2) is 91.0 Å². The summed E-state index contributed by atoms with van der Waals surface area (Å²) < 4.78 is 34.0. The molecule has 6 rings (SSSR count). The number of rotatable bonds is 8. The van der Waals surface area contributed by atoms with Gasteiger partial charge in [0.05, 0.1) is 23.1 Å². The molecule has 8 nitrogen and oxygen atoms in total. The number of imidazole rings is 1. The lowest BCUT2D eigenvalue weighted by Gasteiger charge is -2.17. The molecule has 0 saturated carbocycles. The molecular formula is C35H30F3N3O5. The first-order chi connectivity index (χ1) is 22.0. The molecule has 0 aliphatic carbocycles. The number of aromatic nitrogens is 2. The maximum atomic E-state index is 13.1. The zero-order valence-corrected chi connectivity index (χ0v) is 24.8. The fraction of sp³-hybridized carbons (Fsp3) is 0.200. The number of carbonyl (C=O) groups is 3. The van der Waals surface area contributed by atoms with E-state index in [1.54, 1.807) is 12.1 Å². The number of aryl methyl sites for hydroxylation is 1. The molecule has 1 aromatic heterocycles. The van der Waals surface area contributed by atoms with Gasteiger partial charge in [0.15, 0.2) is 0 Å². The van der Waals surface area contributed by atoms with Gasteiger partial charge in [0.1, 0.15) is 5.82 Å². The first-order valence-corrected chi connectivity index (χ1v) is 14.6. The van der Waals surface area contributed by atoms with Crippen molar-refractivity contribution in [2.45, 2.75) is 45.5 Å². The van der Waals surface area contributed by atoms with Gasteiger partial charge in [0.25, 0.3) is 5.91 Å².